The molecule has 2 rings (SSSR count). The van der Waals surface area contributed by atoms with E-state index >= 15 is 0 Å². The molecule has 1 atom stereocenters. The molecule has 1 unspecified atom stereocenters. The molecular formula is C11H18N2O2S. The minimum absolute atomic E-state index is 0. The highest BCUT2D eigenvalue weighted by Crippen LogP contribution is 2.22. The van der Waals surface area contributed by atoms with E-state index < -0.39 is 9.71 Å². The molecule has 1 heterocycles. The highest BCUT2D eigenvalue weighted by atomic mass is 32.2. The molecule has 2 aromatic rings. The molecule has 1 N–H and O–H groups in total. The van der Waals surface area contributed by atoms with Gasteiger partial charge in [-0.05, 0) is 18.0 Å². The Bertz CT molecular complexity index is 564. The van der Waals surface area contributed by atoms with Crippen LogP contribution in [0.15, 0.2) is 28.8 Å². The first-order valence-electron chi connectivity index (χ1n) is 5.01. The van der Waals surface area contributed by atoms with Crippen molar-refractivity contribution in [3.05, 3.63) is 24.3 Å². The molecule has 0 radical (unpaired) electrons. The van der Waals surface area contributed by atoms with Gasteiger partial charge in [-0.15, -0.1) is 0 Å². The summed E-state index contributed by atoms with van der Waals surface area (Å²) < 4.78 is 19.1. The van der Waals surface area contributed by atoms with E-state index in [9.17, 15) is 4.21 Å². The van der Waals surface area contributed by atoms with Crippen molar-refractivity contribution in [2.45, 2.75) is 13.8 Å². The number of aromatic nitrogens is 1. The zero-order valence-corrected chi connectivity index (χ0v) is 10.5. The second-order valence-corrected chi connectivity index (χ2v) is 5.35. The fourth-order valence-electron chi connectivity index (χ4n) is 1.16. The van der Waals surface area contributed by atoms with Gasteiger partial charge < -0.3 is 4.52 Å². The van der Waals surface area contributed by atoms with Crippen molar-refractivity contribution in [2.24, 2.45) is 0 Å². The summed E-state index contributed by atoms with van der Waals surface area (Å²) >= 11 is 0. The van der Waals surface area contributed by atoms with Gasteiger partial charge in [0.1, 0.15) is 0 Å². The van der Waals surface area contributed by atoms with E-state index in [1.165, 1.54) is 6.26 Å². The van der Waals surface area contributed by atoms with Gasteiger partial charge in [0.05, 0.1) is 5.39 Å². The number of hydrogen-bond donors (Lipinski definition) is 1. The van der Waals surface area contributed by atoms with Gasteiger partial charge in [-0.25, -0.2) is 4.21 Å². The number of benzene rings is 1. The van der Waals surface area contributed by atoms with Crippen molar-refractivity contribution in [2.75, 3.05) is 11.0 Å². The molecule has 0 spiro atoms. The number of hydrogen-bond acceptors (Lipinski definition) is 3. The smallest absolute Gasteiger partial charge is 0.188 e. The van der Waals surface area contributed by atoms with Gasteiger partial charge in [-0.1, -0.05) is 31.1 Å². The maximum absolute atomic E-state index is 11.4. The lowest BCUT2D eigenvalue weighted by molar-refractivity contribution is 0.460. The molecule has 4 nitrogen and oxygen atoms in total. The maximum atomic E-state index is 11.4. The standard InChI is InChI=1S/C9H10N2O2S.C2H6.H2/c1-14(2,12)11-9-7-5-3-4-6-8(7)13-10-9;1-2;/h3-6H,1H2,2H3,(H,10,11,12);1-2H3;1H. The summed E-state index contributed by atoms with van der Waals surface area (Å²) in [6.45, 7) is 4.00. The summed E-state index contributed by atoms with van der Waals surface area (Å²) in [4.78, 5) is 0. The van der Waals surface area contributed by atoms with E-state index in [1.54, 1.807) is 6.07 Å². The topological polar surface area (TPSA) is 55.1 Å². The normalized spacial score (nSPS) is 13.7. The molecule has 0 aliphatic heterocycles. The van der Waals surface area contributed by atoms with Gasteiger partial charge in [0.25, 0.3) is 0 Å². The summed E-state index contributed by atoms with van der Waals surface area (Å²) in [7, 11) is -2.31. The lowest BCUT2D eigenvalue weighted by Crippen LogP contribution is -2.09. The van der Waals surface area contributed by atoms with E-state index in [1.807, 2.05) is 32.0 Å². The Morgan fingerprint density at radius 2 is 2.06 bits per heavy atom. The van der Waals surface area contributed by atoms with Gasteiger partial charge in [-0.2, -0.15) is 0 Å². The van der Waals surface area contributed by atoms with Crippen molar-refractivity contribution in [1.82, 2.24) is 5.16 Å². The van der Waals surface area contributed by atoms with Crippen LogP contribution in [0.3, 0.4) is 0 Å². The van der Waals surface area contributed by atoms with Gasteiger partial charge in [0.15, 0.2) is 11.4 Å². The molecule has 0 fully saturated rings. The van der Waals surface area contributed by atoms with Crippen LogP contribution in [-0.2, 0) is 9.71 Å². The van der Waals surface area contributed by atoms with Crippen molar-refractivity contribution < 1.29 is 10.2 Å². The van der Waals surface area contributed by atoms with Crippen molar-refractivity contribution in [1.29, 1.82) is 0 Å². The monoisotopic (exact) mass is 242 g/mol. The van der Waals surface area contributed by atoms with Crippen LogP contribution in [0.1, 0.15) is 15.3 Å². The van der Waals surface area contributed by atoms with Gasteiger partial charge >= 0.3 is 0 Å². The summed E-state index contributed by atoms with van der Waals surface area (Å²) in [6, 6.07) is 7.36. The van der Waals surface area contributed by atoms with Gasteiger partial charge in [0.2, 0.25) is 0 Å². The summed E-state index contributed by atoms with van der Waals surface area (Å²) in [5.74, 6) is 3.96. The third-order valence-corrected chi connectivity index (χ3v) is 2.32. The Labute approximate surface area is 97.3 Å². The molecule has 90 valence electrons. The zero-order chi connectivity index (χ0) is 12.2. The first-order chi connectivity index (χ1) is 7.56. The average Bonchev–Trinajstić information content (AvgIpc) is 2.63. The van der Waals surface area contributed by atoms with Crippen molar-refractivity contribution >= 4 is 32.4 Å². The number of nitrogens with zero attached hydrogens (tertiary/aromatic N) is 1. The number of fused-ring (bicyclic) bond motifs is 1. The van der Waals surface area contributed by atoms with E-state index in [0.29, 0.717) is 11.4 Å². The molecule has 0 saturated heterocycles. The predicted molar refractivity (Wildman–Crippen MR) is 72.3 cm³/mol. The molecule has 0 amide bonds. The second-order valence-electron chi connectivity index (χ2n) is 3.13. The average molecular weight is 242 g/mol. The lowest BCUT2D eigenvalue weighted by Gasteiger charge is -2.02. The molecule has 0 bridgehead atoms. The summed E-state index contributed by atoms with van der Waals surface area (Å²) in [6.07, 6.45) is 1.51. The lowest BCUT2D eigenvalue weighted by atomic mass is 10.2. The summed E-state index contributed by atoms with van der Waals surface area (Å²) in [5, 5.41) is 4.59. The Morgan fingerprint density at radius 1 is 1.44 bits per heavy atom. The minimum Gasteiger partial charge on any atom is -0.354 e. The quantitative estimate of drug-likeness (QED) is 0.824. The Hall–Kier alpha value is -1.49. The first-order valence-corrected chi connectivity index (χ1v) is 7.14. The molecule has 5 heteroatoms. The molecule has 1 aromatic carbocycles. The Kier molecular flexibility index (Phi) is 3.95. The largest absolute Gasteiger partial charge is 0.354 e. The molecule has 16 heavy (non-hydrogen) atoms. The van der Waals surface area contributed by atoms with Crippen LogP contribution < -0.4 is 4.72 Å². The maximum Gasteiger partial charge on any atom is 0.188 e. The molecular weight excluding hydrogens is 224 g/mol. The van der Waals surface area contributed by atoms with E-state index in [2.05, 4.69) is 15.7 Å². The van der Waals surface area contributed by atoms with Crippen molar-refractivity contribution in [3.63, 3.8) is 0 Å². The molecule has 1 aromatic heterocycles. The van der Waals surface area contributed by atoms with Crippen LogP contribution in [0.4, 0.5) is 5.82 Å². The zero-order valence-electron chi connectivity index (χ0n) is 9.69. The van der Waals surface area contributed by atoms with E-state index in [4.69, 9.17) is 4.52 Å². The summed E-state index contributed by atoms with van der Waals surface area (Å²) in [5.41, 5.74) is 0.665. The van der Waals surface area contributed by atoms with Gasteiger partial charge in [-0.3, -0.25) is 4.72 Å². The van der Waals surface area contributed by atoms with E-state index in [-0.39, 0.29) is 1.43 Å². The number of nitrogens with one attached hydrogen (secondary N) is 1. The predicted octanol–water partition coefficient (Wildman–Crippen LogP) is 2.77. The molecule has 0 aliphatic rings. The Balaban J connectivity index is 0.000000811. The minimum atomic E-state index is -2.31. The fraction of sp³-hybridized carbons (Fsp3) is 0.273. The third kappa shape index (κ3) is 3.00. The first kappa shape index (κ1) is 12.6. The van der Waals surface area contributed by atoms with Crippen LogP contribution in [0, 0.1) is 0 Å². The second kappa shape index (κ2) is 5.03. The third-order valence-electron chi connectivity index (χ3n) is 1.69. The number of rotatable bonds is 2. The van der Waals surface area contributed by atoms with Crippen LogP contribution in [0.2, 0.25) is 0 Å². The van der Waals surface area contributed by atoms with Crippen LogP contribution in [-0.4, -0.2) is 21.5 Å². The SMILES string of the molecule is C=S(C)(=O)Nc1noc2ccccc12.CC.[HH]. The van der Waals surface area contributed by atoms with Crippen LogP contribution in [0.25, 0.3) is 11.0 Å². The number of anilines is 1. The van der Waals surface area contributed by atoms with Crippen LogP contribution in [0.5, 0.6) is 0 Å². The molecule has 0 saturated carbocycles. The van der Waals surface area contributed by atoms with Crippen LogP contribution >= 0.6 is 0 Å². The number of para-hydroxylation sites is 1. The van der Waals surface area contributed by atoms with Gasteiger partial charge in [0, 0.05) is 17.4 Å². The highest BCUT2D eigenvalue weighted by Gasteiger charge is 2.07. The molecule has 0 aliphatic carbocycles. The fourth-order valence-corrected chi connectivity index (χ4v) is 1.72. The van der Waals surface area contributed by atoms with E-state index in [0.717, 1.165) is 5.39 Å². The Morgan fingerprint density at radius 3 is 2.69 bits per heavy atom. The highest BCUT2D eigenvalue weighted by molar-refractivity contribution is 8.00. The van der Waals surface area contributed by atoms with Crippen molar-refractivity contribution in [3.8, 4) is 0 Å².